The predicted molar refractivity (Wildman–Crippen MR) is 78.3 cm³/mol. The van der Waals surface area contributed by atoms with Crippen molar-refractivity contribution in [3.8, 4) is 0 Å². The van der Waals surface area contributed by atoms with Crippen molar-refractivity contribution in [2.75, 3.05) is 18.1 Å². The zero-order valence-electron chi connectivity index (χ0n) is 11.6. The molecule has 19 heavy (non-hydrogen) atoms. The first-order valence-corrected chi connectivity index (χ1v) is 8.36. The summed E-state index contributed by atoms with van der Waals surface area (Å²) in [5.41, 5.74) is 7.71. The van der Waals surface area contributed by atoms with Gasteiger partial charge in [-0.1, -0.05) is 0 Å². The van der Waals surface area contributed by atoms with Crippen LogP contribution in [-0.2, 0) is 4.74 Å². The minimum absolute atomic E-state index is 0.0906. The van der Waals surface area contributed by atoms with Crippen molar-refractivity contribution in [3.05, 3.63) is 23.7 Å². The van der Waals surface area contributed by atoms with Crippen molar-refractivity contribution in [1.29, 1.82) is 0 Å². The van der Waals surface area contributed by atoms with Gasteiger partial charge in [0.2, 0.25) is 0 Å². The van der Waals surface area contributed by atoms with Crippen LogP contribution < -0.4 is 5.73 Å². The minimum Gasteiger partial charge on any atom is -0.469 e. The van der Waals surface area contributed by atoms with Gasteiger partial charge in [-0.2, -0.15) is 11.8 Å². The lowest BCUT2D eigenvalue weighted by molar-refractivity contribution is -0.105. The maximum absolute atomic E-state index is 6.45. The number of rotatable bonds is 2. The minimum atomic E-state index is 0.0906. The van der Waals surface area contributed by atoms with Gasteiger partial charge >= 0.3 is 0 Å². The van der Waals surface area contributed by atoms with Crippen LogP contribution in [0.25, 0.3) is 0 Å². The van der Waals surface area contributed by atoms with Crippen LogP contribution in [0.2, 0.25) is 0 Å². The predicted octanol–water partition coefficient (Wildman–Crippen LogP) is 3.28. The van der Waals surface area contributed by atoms with E-state index < -0.39 is 0 Å². The Morgan fingerprint density at radius 3 is 2.89 bits per heavy atom. The highest BCUT2D eigenvalue weighted by Gasteiger charge is 2.40. The number of ether oxygens (including phenoxy) is 1. The fourth-order valence-electron chi connectivity index (χ4n) is 3.37. The largest absolute Gasteiger partial charge is 0.469 e. The number of aryl methyl sites for hydroxylation is 1. The lowest BCUT2D eigenvalue weighted by Gasteiger charge is -2.44. The molecule has 1 aromatic rings. The van der Waals surface area contributed by atoms with E-state index in [0.29, 0.717) is 5.92 Å². The van der Waals surface area contributed by atoms with Crippen LogP contribution in [0.4, 0.5) is 0 Å². The average molecular weight is 281 g/mol. The standard InChI is InChI=1S/C15H23NO2S/c1-11-8-13(10-17-11)14(16)12-2-5-18-15(9-12)3-6-19-7-4-15/h8,10,12,14H,2-7,9,16H2,1H3. The second-order valence-electron chi connectivity index (χ2n) is 5.91. The number of nitrogens with two attached hydrogens (primary N) is 1. The van der Waals surface area contributed by atoms with Gasteiger partial charge in [0.25, 0.3) is 0 Å². The zero-order chi connectivity index (χ0) is 13.3. The van der Waals surface area contributed by atoms with Crippen LogP contribution in [0, 0.1) is 12.8 Å². The van der Waals surface area contributed by atoms with Gasteiger partial charge in [-0.3, -0.25) is 0 Å². The molecule has 0 saturated carbocycles. The highest BCUT2D eigenvalue weighted by molar-refractivity contribution is 7.99. The Kier molecular flexibility index (Phi) is 3.92. The molecular weight excluding hydrogens is 258 g/mol. The summed E-state index contributed by atoms with van der Waals surface area (Å²) in [5, 5.41) is 0. The average Bonchev–Trinajstić information content (AvgIpc) is 2.85. The molecule has 2 atom stereocenters. The zero-order valence-corrected chi connectivity index (χ0v) is 12.4. The van der Waals surface area contributed by atoms with Gasteiger partial charge in [-0.25, -0.2) is 0 Å². The van der Waals surface area contributed by atoms with Crippen LogP contribution >= 0.6 is 11.8 Å². The number of furan rings is 1. The van der Waals surface area contributed by atoms with Crippen molar-refractivity contribution in [1.82, 2.24) is 0 Å². The highest BCUT2D eigenvalue weighted by Crippen LogP contribution is 2.43. The van der Waals surface area contributed by atoms with E-state index in [-0.39, 0.29) is 11.6 Å². The van der Waals surface area contributed by atoms with E-state index in [1.54, 1.807) is 0 Å². The van der Waals surface area contributed by atoms with Crippen LogP contribution in [-0.4, -0.2) is 23.7 Å². The van der Waals surface area contributed by atoms with Crippen molar-refractivity contribution >= 4 is 11.8 Å². The van der Waals surface area contributed by atoms with Crippen LogP contribution in [0.3, 0.4) is 0 Å². The molecule has 2 saturated heterocycles. The molecule has 106 valence electrons. The third-order valence-corrected chi connectivity index (χ3v) is 5.56. The number of thioether (sulfide) groups is 1. The molecule has 0 amide bonds. The van der Waals surface area contributed by atoms with Crippen molar-refractivity contribution in [3.63, 3.8) is 0 Å². The van der Waals surface area contributed by atoms with Gasteiger partial charge in [-0.05, 0) is 56.1 Å². The summed E-state index contributed by atoms with van der Waals surface area (Å²) < 4.78 is 11.5. The van der Waals surface area contributed by atoms with Gasteiger partial charge < -0.3 is 14.9 Å². The summed E-state index contributed by atoms with van der Waals surface area (Å²) >= 11 is 2.05. The van der Waals surface area contributed by atoms with Crippen molar-refractivity contribution in [2.24, 2.45) is 11.7 Å². The van der Waals surface area contributed by atoms with E-state index in [1.165, 1.54) is 24.3 Å². The van der Waals surface area contributed by atoms with E-state index in [1.807, 2.05) is 24.9 Å². The lowest BCUT2D eigenvalue weighted by Crippen LogP contribution is -2.45. The molecule has 0 aromatic carbocycles. The maximum Gasteiger partial charge on any atom is 0.101 e. The molecule has 0 radical (unpaired) electrons. The smallest absolute Gasteiger partial charge is 0.101 e. The number of hydrogen-bond acceptors (Lipinski definition) is 4. The molecule has 1 aromatic heterocycles. The summed E-state index contributed by atoms with van der Waals surface area (Å²) in [5.74, 6) is 3.93. The third kappa shape index (κ3) is 2.86. The number of hydrogen-bond donors (Lipinski definition) is 1. The Balaban J connectivity index is 1.70. The normalized spacial score (nSPS) is 28.4. The molecule has 3 rings (SSSR count). The molecule has 2 unspecified atom stereocenters. The molecule has 2 N–H and O–H groups in total. The highest BCUT2D eigenvalue weighted by atomic mass is 32.2. The first-order valence-electron chi connectivity index (χ1n) is 7.21. The van der Waals surface area contributed by atoms with E-state index >= 15 is 0 Å². The summed E-state index contributed by atoms with van der Waals surface area (Å²) in [7, 11) is 0. The van der Waals surface area contributed by atoms with E-state index in [2.05, 4.69) is 6.07 Å². The van der Waals surface area contributed by atoms with E-state index in [4.69, 9.17) is 14.9 Å². The first-order chi connectivity index (χ1) is 9.19. The second-order valence-corrected chi connectivity index (χ2v) is 7.14. The molecule has 0 aliphatic carbocycles. The van der Waals surface area contributed by atoms with Gasteiger partial charge in [0.1, 0.15) is 5.76 Å². The lowest BCUT2D eigenvalue weighted by atomic mass is 9.77. The van der Waals surface area contributed by atoms with Gasteiger partial charge in [0.15, 0.2) is 0 Å². The van der Waals surface area contributed by atoms with Crippen LogP contribution in [0.15, 0.2) is 16.7 Å². The first kappa shape index (κ1) is 13.5. The molecule has 1 spiro atoms. The molecule has 3 nitrogen and oxygen atoms in total. The molecule has 0 bridgehead atoms. The maximum atomic E-state index is 6.45. The summed E-state index contributed by atoms with van der Waals surface area (Å²) in [6.45, 7) is 2.83. The molecule has 2 aliphatic rings. The Labute approximate surface area is 119 Å². The van der Waals surface area contributed by atoms with Gasteiger partial charge in [0.05, 0.1) is 11.9 Å². The Morgan fingerprint density at radius 2 is 2.21 bits per heavy atom. The summed E-state index contributed by atoms with van der Waals surface area (Å²) in [4.78, 5) is 0. The SMILES string of the molecule is Cc1cc(C(N)C2CCOC3(CCSCC3)C2)co1. The van der Waals surface area contributed by atoms with Gasteiger partial charge in [0, 0.05) is 18.2 Å². The van der Waals surface area contributed by atoms with E-state index in [0.717, 1.165) is 30.8 Å². The van der Waals surface area contributed by atoms with Crippen molar-refractivity contribution in [2.45, 2.75) is 44.2 Å². The van der Waals surface area contributed by atoms with Gasteiger partial charge in [-0.15, -0.1) is 0 Å². The summed E-state index contributed by atoms with van der Waals surface area (Å²) in [6, 6.07) is 2.16. The molecule has 3 heterocycles. The Hall–Kier alpha value is -0.450. The second kappa shape index (κ2) is 5.51. The Bertz CT molecular complexity index is 420. The topological polar surface area (TPSA) is 48.4 Å². The van der Waals surface area contributed by atoms with Crippen molar-refractivity contribution < 1.29 is 9.15 Å². The fourth-order valence-corrected chi connectivity index (χ4v) is 4.61. The molecule has 2 fully saturated rings. The molecule has 2 aliphatic heterocycles. The third-order valence-electron chi connectivity index (χ3n) is 4.58. The fraction of sp³-hybridized carbons (Fsp3) is 0.733. The quantitative estimate of drug-likeness (QED) is 0.903. The van der Waals surface area contributed by atoms with Crippen LogP contribution in [0.1, 0.15) is 43.0 Å². The monoisotopic (exact) mass is 281 g/mol. The van der Waals surface area contributed by atoms with Crippen LogP contribution in [0.5, 0.6) is 0 Å². The molecular formula is C15H23NO2S. The molecule has 4 heteroatoms. The Morgan fingerprint density at radius 1 is 1.42 bits per heavy atom. The summed E-state index contributed by atoms with van der Waals surface area (Å²) in [6.07, 6.45) is 6.37. The van der Waals surface area contributed by atoms with E-state index in [9.17, 15) is 0 Å².